The van der Waals surface area contributed by atoms with Gasteiger partial charge in [-0.3, -0.25) is 4.98 Å². The number of fused-ring (bicyclic) bond motifs is 1. The normalized spacial score (nSPS) is 13.3. The van der Waals surface area contributed by atoms with Gasteiger partial charge in [0.25, 0.3) is 0 Å². The summed E-state index contributed by atoms with van der Waals surface area (Å²) in [6.45, 7) is 1.87. The minimum Gasteiger partial charge on any atom is -0.306 e. The average Bonchev–Trinajstić information content (AvgIpc) is 3.13. The Morgan fingerprint density at radius 2 is 1.93 bits per heavy atom. The van der Waals surface area contributed by atoms with Gasteiger partial charge >= 0.3 is 6.03 Å². The van der Waals surface area contributed by atoms with Gasteiger partial charge in [-0.25, -0.2) is 22.3 Å². The molecule has 0 radical (unpaired) electrons. The quantitative estimate of drug-likeness (QED) is 0.787. The molecule has 0 saturated heterocycles. The zero-order valence-corrected chi connectivity index (χ0v) is 15.9. The van der Waals surface area contributed by atoms with E-state index in [9.17, 15) is 17.6 Å². The van der Waals surface area contributed by atoms with Crippen LogP contribution in [0.5, 0.6) is 0 Å². The maximum absolute atomic E-state index is 14.5. The first-order chi connectivity index (χ1) is 12.9. The van der Waals surface area contributed by atoms with Gasteiger partial charge in [-0.15, -0.1) is 0 Å². The Morgan fingerprint density at radius 1 is 1.22 bits per heavy atom. The molecule has 1 aliphatic carbocycles. The van der Waals surface area contributed by atoms with Gasteiger partial charge in [0.1, 0.15) is 5.82 Å². The molecular formula is C19H22FN3O3S. The van der Waals surface area contributed by atoms with Crippen LogP contribution in [0.3, 0.4) is 0 Å². The molecule has 2 amide bonds. The summed E-state index contributed by atoms with van der Waals surface area (Å²) in [5, 5.41) is 2.65. The van der Waals surface area contributed by atoms with Crippen LogP contribution in [0.25, 0.3) is 11.1 Å². The third-order valence-electron chi connectivity index (χ3n) is 4.59. The van der Waals surface area contributed by atoms with Crippen LogP contribution in [0.2, 0.25) is 0 Å². The molecule has 27 heavy (non-hydrogen) atoms. The lowest BCUT2D eigenvalue weighted by molar-refractivity contribution is 0.256. The molecule has 1 heterocycles. The van der Waals surface area contributed by atoms with Gasteiger partial charge < -0.3 is 5.32 Å². The highest BCUT2D eigenvalue weighted by molar-refractivity contribution is 7.90. The summed E-state index contributed by atoms with van der Waals surface area (Å²) < 4.78 is 40.6. The summed E-state index contributed by atoms with van der Waals surface area (Å²) in [7, 11) is -3.71. The summed E-state index contributed by atoms with van der Waals surface area (Å²) in [5.74, 6) is -0.425. The average molecular weight is 391 g/mol. The highest BCUT2D eigenvalue weighted by atomic mass is 32.2. The minimum absolute atomic E-state index is 0.115. The first kappa shape index (κ1) is 19.3. The van der Waals surface area contributed by atoms with Gasteiger partial charge in [0.05, 0.1) is 11.4 Å². The van der Waals surface area contributed by atoms with E-state index >= 15 is 0 Å². The van der Waals surface area contributed by atoms with E-state index in [0.29, 0.717) is 48.1 Å². The van der Waals surface area contributed by atoms with Crippen LogP contribution in [0.1, 0.15) is 37.3 Å². The molecule has 6 nitrogen and oxygen atoms in total. The smallest absolute Gasteiger partial charge is 0.306 e. The number of hydrogen-bond donors (Lipinski definition) is 2. The number of nitrogens with zero attached hydrogens (tertiary/aromatic N) is 1. The molecule has 0 aliphatic heterocycles. The van der Waals surface area contributed by atoms with Crippen molar-refractivity contribution in [2.24, 2.45) is 0 Å². The lowest BCUT2D eigenvalue weighted by Crippen LogP contribution is -2.36. The maximum atomic E-state index is 14.5. The van der Waals surface area contributed by atoms with Gasteiger partial charge in [0.2, 0.25) is 10.0 Å². The van der Waals surface area contributed by atoms with Crippen LogP contribution >= 0.6 is 0 Å². The molecule has 0 atom stereocenters. The van der Waals surface area contributed by atoms with Gasteiger partial charge in [-0.05, 0) is 60.6 Å². The zero-order chi connectivity index (χ0) is 19.4. The molecule has 0 saturated carbocycles. The van der Waals surface area contributed by atoms with Gasteiger partial charge in [0.15, 0.2) is 0 Å². The van der Waals surface area contributed by atoms with E-state index in [2.05, 4.69) is 10.3 Å². The van der Waals surface area contributed by atoms with E-state index in [1.54, 1.807) is 24.5 Å². The van der Waals surface area contributed by atoms with Crippen LogP contribution < -0.4 is 10.0 Å². The molecule has 1 aliphatic rings. The van der Waals surface area contributed by atoms with Crippen molar-refractivity contribution in [3.63, 3.8) is 0 Å². The number of halogens is 1. The Hall–Kier alpha value is -2.48. The van der Waals surface area contributed by atoms with Crippen LogP contribution in [0.15, 0.2) is 30.6 Å². The second kappa shape index (κ2) is 8.04. The molecule has 8 heteroatoms. The second-order valence-corrected chi connectivity index (χ2v) is 8.40. The monoisotopic (exact) mass is 391 g/mol. The fraction of sp³-hybridized carbons (Fsp3) is 0.368. The standard InChI is InChI=1S/C19H22FN3O3S/c1-2-3-11-27(25,26)23-19(24)22-18-15-6-4-5-14(15)17(20)12-16(18)13-7-9-21-10-8-13/h7-10,12H,2-6,11H2,1H3,(H2,22,23,24). The summed E-state index contributed by atoms with van der Waals surface area (Å²) >= 11 is 0. The first-order valence-corrected chi connectivity index (χ1v) is 10.6. The van der Waals surface area contributed by atoms with E-state index in [4.69, 9.17) is 0 Å². The molecule has 2 aromatic rings. The molecule has 144 valence electrons. The Labute approximate surface area is 158 Å². The number of rotatable bonds is 6. The molecule has 1 aromatic heterocycles. The zero-order valence-electron chi connectivity index (χ0n) is 15.1. The van der Waals surface area contributed by atoms with Gasteiger partial charge in [0, 0.05) is 18.0 Å². The summed E-state index contributed by atoms with van der Waals surface area (Å²) in [6, 6.07) is 4.00. The molecule has 1 aromatic carbocycles. The Morgan fingerprint density at radius 3 is 2.63 bits per heavy atom. The Kier molecular flexibility index (Phi) is 5.74. The number of benzene rings is 1. The Bertz CT molecular complexity index is 946. The van der Waals surface area contributed by atoms with Crippen molar-refractivity contribution in [1.29, 1.82) is 0 Å². The summed E-state index contributed by atoms with van der Waals surface area (Å²) in [5.41, 5.74) is 2.97. The predicted octanol–water partition coefficient (Wildman–Crippen LogP) is 3.63. The molecule has 0 spiro atoms. The van der Waals surface area contributed by atoms with Crippen LogP contribution in [0, 0.1) is 5.82 Å². The second-order valence-electron chi connectivity index (χ2n) is 6.56. The van der Waals surface area contributed by atoms with Crippen molar-refractivity contribution in [3.05, 3.63) is 47.5 Å². The van der Waals surface area contributed by atoms with Crippen molar-refractivity contribution >= 4 is 21.7 Å². The van der Waals surface area contributed by atoms with Crippen molar-refractivity contribution in [2.45, 2.75) is 39.0 Å². The van der Waals surface area contributed by atoms with Crippen molar-refractivity contribution in [2.75, 3.05) is 11.1 Å². The highest BCUT2D eigenvalue weighted by Crippen LogP contribution is 2.39. The fourth-order valence-corrected chi connectivity index (χ4v) is 4.40. The first-order valence-electron chi connectivity index (χ1n) is 8.97. The lowest BCUT2D eigenvalue weighted by atomic mass is 9.97. The molecule has 0 fully saturated rings. The number of urea groups is 1. The number of amides is 2. The number of carbonyl (C=O) groups is 1. The number of hydrogen-bond acceptors (Lipinski definition) is 4. The van der Waals surface area contributed by atoms with Crippen molar-refractivity contribution < 1.29 is 17.6 Å². The van der Waals surface area contributed by atoms with Crippen LogP contribution in [-0.4, -0.2) is 25.2 Å². The number of nitrogens with one attached hydrogen (secondary N) is 2. The van der Waals surface area contributed by atoms with Gasteiger partial charge in [-0.1, -0.05) is 13.3 Å². The minimum atomic E-state index is -3.71. The van der Waals surface area contributed by atoms with Gasteiger partial charge in [-0.2, -0.15) is 0 Å². The molecule has 3 rings (SSSR count). The van der Waals surface area contributed by atoms with E-state index in [0.717, 1.165) is 12.0 Å². The number of pyridine rings is 1. The molecular weight excluding hydrogens is 369 g/mol. The molecule has 0 unspecified atom stereocenters. The van der Waals surface area contributed by atoms with E-state index in [-0.39, 0.29) is 11.6 Å². The number of anilines is 1. The van der Waals surface area contributed by atoms with Crippen molar-refractivity contribution in [1.82, 2.24) is 9.71 Å². The predicted molar refractivity (Wildman–Crippen MR) is 103 cm³/mol. The van der Waals surface area contributed by atoms with E-state index in [1.807, 2.05) is 11.6 Å². The fourth-order valence-electron chi connectivity index (χ4n) is 3.30. The highest BCUT2D eigenvalue weighted by Gasteiger charge is 2.25. The molecule has 0 bridgehead atoms. The topological polar surface area (TPSA) is 88.2 Å². The third-order valence-corrected chi connectivity index (χ3v) is 5.92. The maximum Gasteiger partial charge on any atom is 0.332 e. The summed E-state index contributed by atoms with van der Waals surface area (Å²) in [6.07, 6.45) is 6.36. The summed E-state index contributed by atoms with van der Waals surface area (Å²) in [4.78, 5) is 16.3. The number of unbranched alkanes of at least 4 members (excludes halogenated alkanes) is 1. The third kappa shape index (κ3) is 4.44. The van der Waals surface area contributed by atoms with Crippen LogP contribution in [0.4, 0.5) is 14.9 Å². The van der Waals surface area contributed by atoms with Crippen LogP contribution in [-0.2, 0) is 22.9 Å². The number of sulfonamides is 1. The SMILES string of the molecule is CCCCS(=O)(=O)NC(=O)Nc1c(-c2ccncc2)cc(F)c2c1CCC2. The number of aromatic nitrogens is 1. The lowest BCUT2D eigenvalue weighted by Gasteiger charge is -2.17. The van der Waals surface area contributed by atoms with E-state index in [1.165, 1.54) is 6.07 Å². The largest absolute Gasteiger partial charge is 0.332 e. The molecule has 2 N–H and O–H groups in total. The van der Waals surface area contributed by atoms with E-state index < -0.39 is 16.1 Å². The number of carbonyl (C=O) groups excluding carboxylic acids is 1. The Balaban J connectivity index is 1.95. The van der Waals surface area contributed by atoms with Crippen molar-refractivity contribution in [3.8, 4) is 11.1 Å².